The first-order chi connectivity index (χ1) is 9.25. The summed E-state index contributed by atoms with van der Waals surface area (Å²) >= 11 is 0. The molecule has 0 atom stereocenters. The molecule has 2 aromatic rings. The molecule has 3 nitrogen and oxygen atoms in total. The van der Waals surface area contributed by atoms with Crippen LogP contribution < -0.4 is 0 Å². The van der Waals surface area contributed by atoms with E-state index >= 15 is 0 Å². The van der Waals surface area contributed by atoms with Crippen LogP contribution in [0.4, 0.5) is 0 Å². The summed E-state index contributed by atoms with van der Waals surface area (Å²) in [5, 5.41) is 2.03. The van der Waals surface area contributed by atoms with Crippen molar-refractivity contribution in [2.75, 3.05) is 13.1 Å². The number of likely N-dealkylation sites (tertiary alicyclic amines) is 1. The molecule has 0 N–H and O–H groups in total. The van der Waals surface area contributed by atoms with Crippen molar-refractivity contribution in [3.63, 3.8) is 0 Å². The van der Waals surface area contributed by atoms with Crippen molar-refractivity contribution in [3.8, 4) is 0 Å². The summed E-state index contributed by atoms with van der Waals surface area (Å²) in [7, 11) is 0. The lowest BCUT2D eigenvalue weighted by atomic mass is 9.98. The first-order valence-electron chi connectivity index (χ1n) is 6.88. The summed E-state index contributed by atoms with van der Waals surface area (Å²) in [4.78, 5) is 18.7. The molecule has 1 fully saturated rings. The highest BCUT2D eigenvalue weighted by Crippen LogP contribution is 2.22. The molecule has 1 aliphatic heterocycles. The van der Waals surface area contributed by atoms with E-state index in [1.807, 2.05) is 35.4 Å². The Kier molecular flexibility index (Phi) is 3.20. The van der Waals surface area contributed by atoms with Gasteiger partial charge in [0.1, 0.15) is 0 Å². The van der Waals surface area contributed by atoms with Gasteiger partial charge in [0.05, 0.1) is 0 Å². The molecule has 3 rings (SSSR count). The molecule has 0 unspecified atom stereocenters. The van der Waals surface area contributed by atoms with Gasteiger partial charge >= 0.3 is 0 Å². The highest BCUT2D eigenvalue weighted by molar-refractivity contribution is 6.06. The minimum Gasteiger partial charge on any atom is -0.339 e. The second-order valence-corrected chi connectivity index (χ2v) is 5.38. The van der Waals surface area contributed by atoms with Gasteiger partial charge in [-0.2, -0.15) is 0 Å². The van der Waals surface area contributed by atoms with Crippen molar-refractivity contribution in [1.29, 1.82) is 0 Å². The molecule has 1 aromatic heterocycles. The Hall–Kier alpha value is -1.90. The van der Waals surface area contributed by atoms with Crippen LogP contribution in [0.1, 0.15) is 30.1 Å². The molecule has 2 heterocycles. The summed E-state index contributed by atoms with van der Waals surface area (Å²) < 4.78 is 0. The van der Waals surface area contributed by atoms with Crippen molar-refractivity contribution in [3.05, 3.63) is 42.2 Å². The van der Waals surface area contributed by atoms with Crippen LogP contribution in [0, 0.1) is 5.92 Å². The predicted molar refractivity (Wildman–Crippen MR) is 76.0 cm³/mol. The number of benzene rings is 1. The average molecular weight is 254 g/mol. The quantitative estimate of drug-likeness (QED) is 0.783. The Morgan fingerprint density at radius 2 is 2.05 bits per heavy atom. The molecule has 1 saturated heterocycles. The molecule has 19 heavy (non-hydrogen) atoms. The van der Waals surface area contributed by atoms with Gasteiger partial charge in [-0.1, -0.05) is 19.1 Å². The molecule has 1 amide bonds. The molecule has 98 valence electrons. The van der Waals surface area contributed by atoms with Crippen molar-refractivity contribution >= 4 is 16.7 Å². The lowest BCUT2D eigenvalue weighted by Crippen LogP contribution is -2.37. The van der Waals surface area contributed by atoms with Gasteiger partial charge < -0.3 is 4.90 Å². The molecule has 0 spiro atoms. The molecule has 0 bridgehead atoms. The molecule has 3 heteroatoms. The third-order valence-electron chi connectivity index (χ3n) is 3.98. The third kappa shape index (κ3) is 2.33. The minimum atomic E-state index is 0.156. The summed E-state index contributed by atoms with van der Waals surface area (Å²) in [5.74, 6) is 0.893. The van der Waals surface area contributed by atoms with E-state index in [1.54, 1.807) is 6.20 Å². The number of amides is 1. The number of hydrogen-bond donors (Lipinski definition) is 0. The molecule has 0 radical (unpaired) electrons. The fourth-order valence-electron chi connectivity index (χ4n) is 2.69. The van der Waals surface area contributed by atoms with E-state index in [9.17, 15) is 4.79 Å². The first-order valence-corrected chi connectivity index (χ1v) is 6.88. The second kappa shape index (κ2) is 5.00. The Bertz CT molecular complexity index is 595. The number of carbonyl (C=O) groups is 1. The lowest BCUT2D eigenvalue weighted by Gasteiger charge is -2.30. The smallest absolute Gasteiger partial charge is 0.254 e. The fourth-order valence-corrected chi connectivity index (χ4v) is 2.69. The highest BCUT2D eigenvalue weighted by atomic mass is 16.2. The van der Waals surface area contributed by atoms with Crippen LogP contribution >= 0.6 is 0 Å². The summed E-state index contributed by atoms with van der Waals surface area (Å²) in [6, 6.07) is 7.78. The number of aromatic nitrogens is 1. The van der Waals surface area contributed by atoms with Crippen molar-refractivity contribution < 1.29 is 4.79 Å². The SMILES string of the molecule is CC1CCN(C(=O)c2cccc3cnccc23)CC1. The van der Waals surface area contributed by atoms with Crippen LogP contribution in [0.3, 0.4) is 0 Å². The Balaban J connectivity index is 1.93. The van der Waals surface area contributed by atoms with Crippen molar-refractivity contribution in [1.82, 2.24) is 9.88 Å². The normalized spacial score (nSPS) is 16.8. The molecular formula is C16H18N2O. The zero-order valence-corrected chi connectivity index (χ0v) is 11.2. The minimum absolute atomic E-state index is 0.156. The Morgan fingerprint density at radius 1 is 1.26 bits per heavy atom. The van der Waals surface area contributed by atoms with Crippen LogP contribution in [0.15, 0.2) is 36.7 Å². The van der Waals surface area contributed by atoms with Crippen LogP contribution in [0.2, 0.25) is 0 Å². The van der Waals surface area contributed by atoms with Gasteiger partial charge in [0.25, 0.3) is 5.91 Å². The number of pyridine rings is 1. The number of hydrogen-bond acceptors (Lipinski definition) is 2. The lowest BCUT2D eigenvalue weighted by molar-refractivity contribution is 0.0699. The largest absolute Gasteiger partial charge is 0.339 e. The van der Waals surface area contributed by atoms with Crippen LogP contribution in [-0.2, 0) is 0 Å². The maximum absolute atomic E-state index is 12.6. The summed E-state index contributed by atoms with van der Waals surface area (Å²) in [5.41, 5.74) is 0.800. The molecule has 0 saturated carbocycles. The second-order valence-electron chi connectivity index (χ2n) is 5.38. The van der Waals surface area contributed by atoms with Gasteiger partial charge in [-0.3, -0.25) is 9.78 Å². The fraction of sp³-hybridized carbons (Fsp3) is 0.375. The molecule has 1 aromatic carbocycles. The van der Waals surface area contributed by atoms with Crippen LogP contribution in [-0.4, -0.2) is 28.9 Å². The first kappa shape index (κ1) is 12.2. The van der Waals surface area contributed by atoms with E-state index in [0.717, 1.165) is 48.2 Å². The van der Waals surface area contributed by atoms with E-state index < -0.39 is 0 Å². The molecule has 1 aliphatic rings. The Morgan fingerprint density at radius 3 is 2.84 bits per heavy atom. The topological polar surface area (TPSA) is 33.2 Å². The van der Waals surface area contributed by atoms with E-state index in [0.29, 0.717) is 0 Å². The van der Waals surface area contributed by atoms with Gasteiger partial charge in [-0.15, -0.1) is 0 Å². The zero-order chi connectivity index (χ0) is 13.2. The van der Waals surface area contributed by atoms with Crippen LogP contribution in [0.25, 0.3) is 10.8 Å². The monoisotopic (exact) mass is 254 g/mol. The average Bonchev–Trinajstić information content (AvgIpc) is 2.47. The van der Waals surface area contributed by atoms with E-state index in [2.05, 4.69) is 11.9 Å². The number of nitrogens with zero attached hydrogens (tertiary/aromatic N) is 2. The summed E-state index contributed by atoms with van der Waals surface area (Å²) in [6.45, 7) is 4.01. The van der Waals surface area contributed by atoms with E-state index in [-0.39, 0.29) is 5.91 Å². The highest BCUT2D eigenvalue weighted by Gasteiger charge is 2.22. The van der Waals surface area contributed by atoms with Gasteiger partial charge in [-0.05, 0) is 36.3 Å². The maximum atomic E-state index is 12.6. The zero-order valence-electron chi connectivity index (χ0n) is 11.2. The standard InChI is InChI=1S/C16H18N2O/c1-12-6-9-18(10-7-12)16(19)15-4-2-3-13-11-17-8-5-14(13)15/h2-5,8,11-12H,6-7,9-10H2,1H3. The van der Waals surface area contributed by atoms with Gasteiger partial charge in [0.15, 0.2) is 0 Å². The maximum Gasteiger partial charge on any atom is 0.254 e. The van der Waals surface area contributed by atoms with Crippen LogP contribution in [0.5, 0.6) is 0 Å². The predicted octanol–water partition coefficient (Wildman–Crippen LogP) is 3.11. The van der Waals surface area contributed by atoms with Gasteiger partial charge in [-0.25, -0.2) is 0 Å². The molecular weight excluding hydrogens is 236 g/mol. The number of carbonyl (C=O) groups excluding carboxylic acids is 1. The molecule has 0 aliphatic carbocycles. The van der Waals surface area contributed by atoms with Crippen molar-refractivity contribution in [2.45, 2.75) is 19.8 Å². The van der Waals surface area contributed by atoms with Gasteiger partial charge in [0, 0.05) is 36.4 Å². The number of piperidine rings is 1. The van der Waals surface area contributed by atoms with E-state index in [1.165, 1.54) is 0 Å². The number of rotatable bonds is 1. The third-order valence-corrected chi connectivity index (χ3v) is 3.98. The van der Waals surface area contributed by atoms with E-state index in [4.69, 9.17) is 0 Å². The summed E-state index contributed by atoms with van der Waals surface area (Å²) in [6.07, 6.45) is 5.78. The van der Waals surface area contributed by atoms with Gasteiger partial charge in [0.2, 0.25) is 0 Å². The Labute approximate surface area is 113 Å². The van der Waals surface area contributed by atoms with Crippen molar-refractivity contribution in [2.24, 2.45) is 5.92 Å². The number of fused-ring (bicyclic) bond motifs is 1.